The maximum absolute atomic E-state index is 6.45. The molecule has 108 valence electrons. The molecule has 0 aliphatic heterocycles. The summed E-state index contributed by atoms with van der Waals surface area (Å²) in [5.74, 6) is 0. The van der Waals surface area contributed by atoms with Crippen LogP contribution in [0, 0.1) is 5.41 Å². The second-order valence-corrected chi connectivity index (χ2v) is 11.2. The lowest BCUT2D eigenvalue weighted by Crippen LogP contribution is -2.36. The highest BCUT2D eigenvalue weighted by molar-refractivity contribution is 6.73. The van der Waals surface area contributed by atoms with Crippen molar-refractivity contribution in [3.8, 4) is 0 Å². The maximum Gasteiger partial charge on any atom is 0.192 e. The molecule has 20 heavy (non-hydrogen) atoms. The highest BCUT2D eigenvalue weighted by Gasteiger charge is 2.40. The monoisotopic (exact) mass is 286 g/mol. The van der Waals surface area contributed by atoms with Crippen LogP contribution in [0.4, 0.5) is 0 Å². The van der Waals surface area contributed by atoms with Crippen LogP contribution in [0.25, 0.3) is 0 Å². The highest BCUT2D eigenvalue weighted by atomic mass is 28.4. The van der Waals surface area contributed by atoms with E-state index in [1.54, 1.807) is 0 Å². The van der Waals surface area contributed by atoms with E-state index < -0.39 is 8.32 Å². The number of fused-ring (bicyclic) bond motifs is 1. The molecule has 2 heteroatoms. The van der Waals surface area contributed by atoms with Crippen molar-refractivity contribution in [2.45, 2.75) is 51.7 Å². The molecule has 0 amide bonds. The quantitative estimate of drug-likeness (QED) is 0.613. The summed E-state index contributed by atoms with van der Waals surface area (Å²) in [5.41, 5.74) is 4.65. The van der Waals surface area contributed by atoms with Crippen LogP contribution in [-0.4, -0.2) is 14.9 Å². The van der Waals surface area contributed by atoms with Gasteiger partial charge in [-0.3, -0.25) is 0 Å². The molecule has 0 aromatic carbocycles. The van der Waals surface area contributed by atoms with Gasteiger partial charge in [0.1, 0.15) is 0 Å². The van der Waals surface area contributed by atoms with Gasteiger partial charge in [-0.1, -0.05) is 51.2 Å². The molecule has 1 fully saturated rings. The fourth-order valence-electron chi connectivity index (χ4n) is 3.36. The Bertz CT molecular complexity index is 505. The van der Waals surface area contributed by atoms with Crippen LogP contribution in [0.1, 0.15) is 33.6 Å². The molecule has 1 saturated carbocycles. The van der Waals surface area contributed by atoms with Gasteiger partial charge in [-0.05, 0) is 47.7 Å². The van der Waals surface area contributed by atoms with Gasteiger partial charge in [0.25, 0.3) is 0 Å². The fourth-order valence-corrected chi connectivity index (χ4v) is 5.93. The zero-order valence-electron chi connectivity index (χ0n) is 13.0. The summed E-state index contributed by atoms with van der Waals surface area (Å²) in [6, 6.07) is 3.69. The summed E-state index contributed by atoms with van der Waals surface area (Å²) >= 11 is 0. The first-order valence-corrected chi connectivity index (χ1v) is 10.7. The molecule has 0 heterocycles. The molecule has 0 aromatic rings. The van der Waals surface area contributed by atoms with Gasteiger partial charge in [0, 0.05) is 5.41 Å². The Morgan fingerprint density at radius 2 is 1.75 bits per heavy atom. The average Bonchev–Trinajstić information content (AvgIpc) is 3.11. The average molecular weight is 286 g/mol. The standard InChI is InChI=1S/C18H26OSi/c1-4-20(5-2,6-3)19-14-16-8-7-15-13-18(11-12-18)10-9-17(15)16/h7-10,13H,4-6,11-12,14H2,1-3H3. The summed E-state index contributed by atoms with van der Waals surface area (Å²) in [5, 5.41) is 0. The summed E-state index contributed by atoms with van der Waals surface area (Å²) < 4.78 is 6.45. The molecule has 0 radical (unpaired) electrons. The van der Waals surface area contributed by atoms with Gasteiger partial charge < -0.3 is 4.43 Å². The van der Waals surface area contributed by atoms with Crippen LogP contribution in [0.15, 0.2) is 47.1 Å². The molecule has 0 aromatic heterocycles. The third-order valence-electron chi connectivity index (χ3n) is 5.44. The zero-order chi connectivity index (χ0) is 14.2. The predicted molar refractivity (Wildman–Crippen MR) is 88.2 cm³/mol. The van der Waals surface area contributed by atoms with Gasteiger partial charge >= 0.3 is 0 Å². The molecule has 1 nitrogen and oxygen atoms in total. The Hall–Kier alpha value is -0.863. The van der Waals surface area contributed by atoms with Crippen LogP contribution in [0.3, 0.4) is 0 Å². The first kappa shape index (κ1) is 14.1. The van der Waals surface area contributed by atoms with Crippen molar-refractivity contribution in [3.63, 3.8) is 0 Å². The van der Waals surface area contributed by atoms with Crippen molar-refractivity contribution in [1.82, 2.24) is 0 Å². The van der Waals surface area contributed by atoms with E-state index in [1.165, 1.54) is 47.7 Å². The van der Waals surface area contributed by atoms with Gasteiger partial charge in [-0.25, -0.2) is 0 Å². The van der Waals surface area contributed by atoms with Crippen LogP contribution >= 0.6 is 0 Å². The van der Waals surface area contributed by atoms with Crippen molar-refractivity contribution in [1.29, 1.82) is 0 Å². The minimum absolute atomic E-state index is 0.425. The second kappa shape index (κ2) is 5.16. The SMILES string of the molecule is CC[Si](CC)(CC)OCC1=C2C=CC3(C=C2C=C1)CC3. The molecule has 3 aliphatic rings. The van der Waals surface area contributed by atoms with Crippen molar-refractivity contribution < 1.29 is 4.43 Å². The normalized spacial score (nSPS) is 22.4. The molecular weight excluding hydrogens is 260 g/mol. The Kier molecular flexibility index (Phi) is 3.63. The largest absolute Gasteiger partial charge is 0.413 e. The smallest absolute Gasteiger partial charge is 0.192 e. The Balaban J connectivity index is 1.73. The number of hydrogen-bond acceptors (Lipinski definition) is 1. The van der Waals surface area contributed by atoms with Crippen LogP contribution in [-0.2, 0) is 4.43 Å². The summed E-state index contributed by atoms with van der Waals surface area (Å²) in [6.07, 6.45) is 14.4. The molecule has 0 bridgehead atoms. The number of allylic oxidation sites excluding steroid dienone is 6. The molecule has 3 aliphatic carbocycles. The molecule has 1 spiro atoms. The number of hydrogen-bond donors (Lipinski definition) is 0. The van der Waals surface area contributed by atoms with E-state index in [0.717, 1.165) is 6.61 Å². The predicted octanol–water partition coefficient (Wildman–Crippen LogP) is 5.15. The Morgan fingerprint density at radius 3 is 2.35 bits per heavy atom. The van der Waals surface area contributed by atoms with E-state index in [4.69, 9.17) is 4.43 Å². The highest BCUT2D eigenvalue weighted by Crippen LogP contribution is 2.53. The molecule has 0 unspecified atom stereocenters. The maximum atomic E-state index is 6.45. The van der Waals surface area contributed by atoms with Crippen LogP contribution in [0.5, 0.6) is 0 Å². The van der Waals surface area contributed by atoms with Gasteiger partial charge in [0.15, 0.2) is 8.32 Å². The van der Waals surface area contributed by atoms with E-state index in [2.05, 4.69) is 51.2 Å². The van der Waals surface area contributed by atoms with Crippen LogP contribution in [0.2, 0.25) is 18.1 Å². The Morgan fingerprint density at radius 1 is 1.05 bits per heavy atom. The minimum atomic E-state index is -1.47. The lowest BCUT2D eigenvalue weighted by Gasteiger charge is -2.28. The number of rotatable bonds is 6. The van der Waals surface area contributed by atoms with Crippen molar-refractivity contribution in [3.05, 3.63) is 47.1 Å². The molecule has 0 N–H and O–H groups in total. The van der Waals surface area contributed by atoms with E-state index in [-0.39, 0.29) is 0 Å². The van der Waals surface area contributed by atoms with Crippen molar-refractivity contribution >= 4 is 8.32 Å². The van der Waals surface area contributed by atoms with Gasteiger partial charge in [0.05, 0.1) is 6.61 Å². The third-order valence-corrected chi connectivity index (χ3v) is 10.1. The van der Waals surface area contributed by atoms with E-state index in [0.29, 0.717) is 5.41 Å². The molecular formula is C18H26OSi. The summed E-state index contributed by atoms with van der Waals surface area (Å²) in [6.45, 7) is 7.70. The van der Waals surface area contributed by atoms with Gasteiger partial charge in [-0.15, -0.1) is 0 Å². The first-order chi connectivity index (χ1) is 9.66. The summed E-state index contributed by atoms with van der Waals surface area (Å²) in [4.78, 5) is 0. The van der Waals surface area contributed by atoms with Crippen molar-refractivity contribution in [2.75, 3.05) is 6.61 Å². The van der Waals surface area contributed by atoms with E-state index >= 15 is 0 Å². The lowest BCUT2D eigenvalue weighted by molar-refractivity contribution is 0.335. The first-order valence-electron chi connectivity index (χ1n) is 8.13. The Labute approximate surface area is 124 Å². The molecule has 0 atom stereocenters. The topological polar surface area (TPSA) is 9.23 Å². The summed E-state index contributed by atoms with van der Waals surface area (Å²) in [7, 11) is -1.47. The van der Waals surface area contributed by atoms with Gasteiger partial charge in [-0.2, -0.15) is 0 Å². The third kappa shape index (κ3) is 2.40. The van der Waals surface area contributed by atoms with E-state index in [1.807, 2.05) is 0 Å². The van der Waals surface area contributed by atoms with Gasteiger partial charge in [0.2, 0.25) is 0 Å². The molecule has 3 rings (SSSR count). The van der Waals surface area contributed by atoms with Crippen LogP contribution < -0.4 is 0 Å². The van der Waals surface area contributed by atoms with Crippen molar-refractivity contribution in [2.24, 2.45) is 5.41 Å². The zero-order valence-corrected chi connectivity index (χ0v) is 14.0. The molecule has 0 saturated heterocycles. The lowest BCUT2D eigenvalue weighted by atomic mass is 9.91. The fraction of sp³-hybridized carbons (Fsp3) is 0.556. The second-order valence-electron chi connectivity index (χ2n) is 6.47. The minimum Gasteiger partial charge on any atom is -0.413 e. The van der Waals surface area contributed by atoms with E-state index in [9.17, 15) is 0 Å².